The maximum Gasteiger partial charge on any atom is 0.198 e. The van der Waals surface area contributed by atoms with Crippen LogP contribution in [0.15, 0.2) is 48.5 Å². The highest BCUT2D eigenvalue weighted by Gasteiger charge is 2.15. The zero-order valence-electron chi connectivity index (χ0n) is 11.3. The number of halogens is 2. The Hall–Kier alpha value is -2.26. The number of aryl methyl sites for hydroxylation is 1. The van der Waals surface area contributed by atoms with E-state index in [0.717, 1.165) is 5.56 Å². The number of aromatic nitrogens is 2. The molecule has 1 radical (unpaired) electrons. The minimum Gasteiger partial charge on any atom is -0.230 e. The first-order chi connectivity index (χ1) is 10.2. The number of rotatable bonds is 2. The standard InChI is InChI=1S/C17H11ClFN2/c1-11-16(14-4-2-3-5-15(14)19)17(21-10-20-11)12-6-8-13(18)9-7-12/h2-9H,1H3. The lowest BCUT2D eigenvalue weighted by atomic mass is 9.97. The lowest BCUT2D eigenvalue weighted by Gasteiger charge is -2.11. The highest BCUT2D eigenvalue weighted by Crippen LogP contribution is 2.33. The highest BCUT2D eigenvalue weighted by atomic mass is 35.5. The molecule has 0 aliphatic rings. The summed E-state index contributed by atoms with van der Waals surface area (Å²) in [5.41, 5.74) is 3.33. The van der Waals surface area contributed by atoms with Gasteiger partial charge in [-0.1, -0.05) is 41.9 Å². The van der Waals surface area contributed by atoms with E-state index in [1.54, 1.807) is 30.3 Å². The van der Waals surface area contributed by atoms with Crippen molar-refractivity contribution in [2.45, 2.75) is 6.92 Å². The van der Waals surface area contributed by atoms with E-state index in [0.29, 0.717) is 27.5 Å². The van der Waals surface area contributed by atoms with Crippen molar-refractivity contribution in [1.82, 2.24) is 9.97 Å². The van der Waals surface area contributed by atoms with Gasteiger partial charge < -0.3 is 0 Å². The summed E-state index contributed by atoms with van der Waals surface area (Å²) in [6.07, 6.45) is 2.62. The second kappa shape index (κ2) is 5.62. The van der Waals surface area contributed by atoms with Crippen molar-refractivity contribution in [1.29, 1.82) is 0 Å². The number of hydrogen-bond acceptors (Lipinski definition) is 2. The lowest BCUT2D eigenvalue weighted by Crippen LogP contribution is -1.97. The lowest BCUT2D eigenvalue weighted by molar-refractivity contribution is 0.631. The van der Waals surface area contributed by atoms with Crippen LogP contribution in [0.5, 0.6) is 0 Å². The van der Waals surface area contributed by atoms with Crippen LogP contribution in [-0.4, -0.2) is 9.97 Å². The molecule has 0 bridgehead atoms. The molecule has 21 heavy (non-hydrogen) atoms. The van der Waals surface area contributed by atoms with Crippen molar-refractivity contribution in [3.63, 3.8) is 0 Å². The van der Waals surface area contributed by atoms with E-state index in [1.807, 2.05) is 19.1 Å². The van der Waals surface area contributed by atoms with Crippen LogP contribution in [0.25, 0.3) is 22.4 Å². The molecule has 0 saturated carbocycles. The SMILES string of the molecule is Cc1n[c]nc(-c2ccc(Cl)cc2)c1-c1ccccc1F. The van der Waals surface area contributed by atoms with Gasteiger partial charge >= 0.3 is 0 Å². The summed E-state index contributed by atoms with van der Waals surface area (Å²) in [7, 11) is 0. The van der Waals surface area contributed by atoms with Gasteiger partial charge in [-0.05, 0) is 25.1 Å². The van der Waals surface area contributed by atoms with E-state index in [-0.39, 0.29) is 5.82 Å². The second-order valence-electron chi connectivity index (χ2n) is 4.62. The van der Waals surface area contributed by atoms with E-state index < -0.39 is 0 Å². The summed E-state index contributed by atoms with van der Waals surface area (Å²) in [6, 6.07) is 13.9. The third-order valence-electron chi connectivity index (χ3n) is 3.24. The van der Waals surface area contributed by atoms with Crippen molar-refractivity contribution in [3.05, 3.63) is 71.4 Å². The van der Waals surface area contributed by atoms with Crippen molar-refractivity contribution in [2.24, 2.45) is 0 Å². The Kier molecular flexibility index (Phi) is 3.67. The average molecular weight is 298 g/mol. The Morgan fingerprint density at radius 1 is 1.00 bits per heavy atom. The van der Waals surface area contributed by atoms with Gasteiger partial charge in [-0.25, -0.2) is 14.4 Å². The first kappa shape index (κ1) is 13.7. The molecule has 0 aliphatic heterocycles. The predicted octanol–water partition coefficient (Wildman–Crippen LogP) is 4.71. The first-order valence-electron chi connectivity index (χ1n) is 6.42. The monoisotopic (exact) mass is 297 g/mol. The fourth-order valence-electron chi connectivity index (χ4n) is 2.24. The molecule has 103 valence electrons. The molecule has 0 amide bonds. The smallest absolute Gasteiger partial charge is 0.198 e. The molecule has 0 unspecified atom stereocenters. The van der Waals surface area contributed by atoms with Crippen LogP contribution in [0.1, 0.15) is 5.69 Å². The van der Waals surface area contributed by atoms with E-state index in [2.05, 4.69) is 16.3 Å². The van der Waals surface area contributed by atoms with Crippen molar-refractivity contribution < 1.29 is 4.39 Å². The largest absolute Gasteiger partial charge is 0.230 e. The Morgan fingerprint density at radius 3 is 2.43 bits per heavy atom. The van der Waals surface area contributed by atoms with Crippen LogP contribution in [-0.2, 0) is 0 Å². The minimum atomic E-state index is -0.300. The van der Waals surface area contributed by atoms with Gasteiger partial charge in [-0.3, -0.25) is 0 Å². The predicted molar refractivity (Wildman–Crippen MR) is 81.4 cm³/mol. The molecule has 0 N–H and O–H groups in total. The van der Waals surface area contributed by atoms with Gasteiger partial charge in [0, 0.05) is 21.7 Å². The maximum atomic E-state index is 14.1. The van der Waals surface area contributed by atoms with Crippen LogP contribution in [0, 0.1) is 19.1 Å². The molecule has 1 aromatic heterocycles. The summed E-state index contributed by atoms with van der Waals surface area (Å²) >= 11 is 5.91. The van der Waals surface area contributed by atoms with Crippen LogP contribution in [0.3, 0.4) is 0 Å². The molecule has 2 aromatic carbocycles. The van der Waals surface area contributed by atoms with Gasteiger partial charge in [-0.2, -0.15) is 0 Å². The van der Waals surface area contributed by atoms with Gasteiger partial charge in [0.05, 0.1) is 11.4 Å². The van der Waals surface area contributed by atoms with E-state index >= 15 is 0 Å². The van der Waals surface area contributed by atoms with Crippen molar-refractivity contribution in [3.8, 4) is 22.4 Å². The van der Waals surface area contributed by atoms with Gasteiger partial charge in [0.15, 0.2) is 6.33 Å². The van der Waals surface area contributed by atoms with Crippen LogP contribution in [0.2, 0.25) is 5.02 Å². The fraction of sp³-hybridized carbons (Fsp3) is 0.0588. The number of hydrogen-bond donors (Lipinski definition) is 0. The van der Waals surface area contributed by atoms with E-state index in [4.69, 9.17) is 11.6 Å². The second-order valence-corrected chi connectivity index (χ2v) is 5.06. The summed E-state index contributed by atoms with van der Waals surface area (Å²) < 4.78 is 14.1. The summed E-state index contributed by atoms with van der Waals surface area (Å²) in [4.78, 5) is 8.28. The van der Waals surface area contributed by atoms with Gasteiger partial charge in [0.25, 0.3) is 0 Å². The van der Waals surface area contributed by atoms with Crippen molar-refractivity contribution >= 4 is 11.6 Å². The Bertz CT molecular complexity index is 785. The van der Waals surface area contributed by atoms with Crippen molar-refractivity contribution in [2.75, 3.05) is 0 Å². The zero-order chi connectivity index (χ0) is 14.8. The van der Waals surface area contributed by atoms with Gasteiger partial charge in [0.1, 0.15) is 5.82 Å². The molecular formula is C17H11ClFN2. The van der Waals surface area contributed by atoms with Crippen LogP contribution >= 0.6 is 11.6 Å². The van der Waals surface area contributed by atoms with E-state index in [1.165, 1.54) is 6.07 Å². The topological polar surface area (TPSA) is 25.8 Å². The van der Waals surface area contributed by atoms with Gasteiger partial charge in [0.2, 0.25) is 0 Å². The quantitative estimate of drug-likeness (QED) is 0.684. The molecule has 0 atom stereocenters. The Morgan fingerprint density at radius 2 is 1.71 bits per heavy atom. The Labute approximate surface area is 127 Å². The summed E-state index contributed by atoms with van der Waals surface area (Å²) in [5, 5.41) is 0.640. The maximum absolute atomic E-state index is 14.1. The van der Waals surface area contributed by atoms with Gasteiger partial charge in [-0.15, -0.1) is 0 Å². The molecule has 3 aromatic rings. The van der Waals surface area contributed by atoms with Crippen LogP contribution in [0.4, 0.5) is 4.39 Å². The fourth-order valence-corrected chi connectivity index (χ4v) is 2.36. The Balaban J connectivity index is 2.26. The molecule has 2 nitrogen and oxygen atoms in total. The van der Waals surface area contributed by atoms with E-state index in [9.17, 15) is 4.39 Å². The molecular weight excluding hydrogens is 287 g/mol. The molecule has 0 saturated heterocycles. The molecule has 0 fully saturated rings. The molecule has 0 spiro atoms. The molecule has 4 heteroatoms. The third-order valence-corrected chi connectivity index (χ3v) is 3.49. The summed E-state index contributed by atoms with van der Waals surface area (Å²) in [5.74, 6) is -0.300. The normalized spacial score (nSPS) is 10.6. The zero-order valence-corrected chi connectivity index (χ0v) is 12.0. The molecule has 0 aliphatic carbocycles. The third kappa shape index (κ3) is 2.65. The first-order valence-corrected chi connectivity index (χ1v) is 6.80. The molecule has 1 heterocycles. The number of benzene rings is 2. The van der Waals surface area contributed by atoms with Crippen LogP contribution < -0.4 is 0 Å². The average Bonchev–Trinajstić information content (AvgIpc) is 2.49. The summed E-state index contributed by atoms with van der Waals surface area (Å²) in [6.45, 7) is 1.82. The molecule has 3 rings (SSSR count). The highest BCUT2D eigenvalue weighted by molar-refractivity contribution is 6.30. The number of nitrogens with zero attached hydrogens (tertiary/aromatic N) is 2. The minimum absolute atomic E-state index is 0.300.